The van der Waals surface area contributed by atoms with Crippen molar-refractivity contribution in [3.63, 3.8) is 0 Å². The fraction of sp³-hybridized carbons (Fsp3) is 0.476. The maximum atomic E-state index is 13.3. The number of nitrogens with zero attached hydrogens (tertiary/aromatic N) is 3. The van der Waals surface area contributed by atoms with E-state index in [9.17, 15) is 14.0 Å². The van der Waals surface area contributed by atoms with Gasteiger partial charge in [-0.1, -0.05) is 11.6 Å². The molecule has 1 atom stereocenters. The van der Waals surface area contributed by atoms with Gasteiger partial charge in [-0.25, -0.2) is 4.39 Å². The van der Waals surface area contributed by atoms with Crippen LogP contribution >= 0.6 is 11.6 Å². The highest BCUT2D eigenvalue weighted by Gasteiger charge is 2.30. The van der Waals surface area contributed by atoms with Crippen molar-refractivity contribution in [3.8, 4) is 5.75 Å². The Bertz CT molecular complexity index is 900. The van der Waals surface area contributed by atoms with Crippen molar-refractivity contribution < 1.29 is 18.7 Å². The van der Waals surface area contributed by atoms with Crippen molar-refractivity contribution in [1.82, 2.24) is 20.0 Å². The van der Waals surface area contributed by atoms with E-state index in [1.165, 1.54) is 18.2 Å². The number of hydrogen-bond acceptors (Lipinski definition) is 4. The lowest BCUT2D eigenvalue weighted by molar-refractivity contribution is -0.134. The molecule has 0 unspecified atom stereocenters. The summed E-state index contributed by atoms with van der Waals surface area (Å²) in [5, 5.41) is 7.01. The van der Waals surface area contributed by atoms with Gasteiger partial charge >= 0.3 is 0 Å². The molecule has 162 valence electrons. The molecular formula is C21H26ClFN4O3. The standard InChI is InChI=1S/C21H26ClFN4O3/c1-3-26(4-2)21(29)16-11-24-25-20(16)14-6-5-9-27(12-14)19(28)13-30-15-7-8-18(23)17(22)10-15/h7-8,10-11,14H,3-6,9,12-13H2,1-2H3,(H,24,25)/t14-/m0/s1. The van der Waals surface area contributed by atoms with E-state index in [1.807, 2.05) is 13.8 Å². The second kappa shape index (κ2) is 9.93. The largest absolute Gasteiger partial charge is 0.484 e. The number of halogens is 2. The zero-order valence-electron chi connectivity index (χ0n) is 17.2. The summed E-state index contributed by atoms with van der Waals surface area (Å²) in [4.78, 5) is 28.9. The summed E-state index contributed by atoms with van der Waals surface area (Å²) in [6, 6.07) is 3.98. The average molecular weight is 437 g/mol. The summed E-state index contributed by atoms with van der Waals surface area (Å²) in [6.07, 6.45) is 3.24. The predicted octanol–water partition coefficient (Wildman–Crippen LogP) is 3.47. The molecule has 0 aliphatic carbocycles. The van der Waals surface area contributed by atoms with E-state index in [0.29, 0.717) is 37.5 Å². The molecule has 0 saturated carbocycles. The van der Waals surface area contributed by atoms with Crippen LogP contribution in [0.1, 0.15) is 48.7 Å². The van der Waals surface area contributed by atoms with E-state index < -0.39 is 5.82 Å². The summed E-state index contributed by atoms with van der Waals surface area (Å²) >= 11 is 5.75. The molecule has 1 aromatic carbocycles. The van der Waals surface area contributed by atoms with Crippen molar-refractivity contribution in [2.75, 3.05) is 32.8 Å². The number of nitrogens with one attached hydrogen (secondary N) is 1. The van der Waals surface area contributed by atoms with E-state index in [0.717, 1.165) is 18.5 Å². The Balaban J connectivity index is 1.64. The first kappa shape index (κ1) is 22.1. The maximum absolute atomic E-state index is 13.3. The molecule has 3 rings (SSSR count). The number of aromatic nitrogens is 2. The first-order valence-corrected chi connectivity index (χ1v) is 10.5. The van der Waals surface area contributed by atoms with E-state index in [1.54, 1.807) is 16.0 Å². The highest BCUT2D eigenvalue weighted by molar-refractivity contribution is 6.30. The van der Waals surface area contributed by atoms with Crippen molar-refractivity contribution in [1.29, 1.82) is 0 Å². The molecule has 1 N–H and O–H groups in total. The molecule has 7 nitrogen and oxygen atoms in total. The number of carbonyl (C=O) groups excluding carboxylic acids is 2. The van der Waals surface area contributed by atoms with Gasteiger partial charge in [0.15, 0.2) is 6.61 Å². The van der Waals surface area contributed by atoms with Crippen molar-refractivity contribution in [3.05, 3.63) is 46.5 Å². The summed E-state index contributed by atoms with van der Waals surface area (Å²) in [5.41, 5.74) is 1.34. The molecule has 1 fully saturated rings. The maximum Gasteiger partial charge on any atom is 0.260 e. The highest BCUT2D eigenvalue weighted by Crippen LogP contribution is 2.29. The molecule has 1 aromatic heterocycles. The van der Waals surface area contributed by atoms with Gasteiger partial charge in [0, 0.05) is 38.2 Å². The Morgan fingerprint density at radius 3 is 2.83 bits per heavy atom. The topological polar surface area (TPSA) is 78.5 Å². The summed E-state index contributed by atoms with van der Waals surface area (Å²) in [5.74, 6) is -0.423. The molecule has 0 spiro atoms. The number of rotatable bonds is 7. The summed E-state index contributed by atoms with van der Waals surface area (Å²) in [7, 11) is 0. The van der Waals surface area contributed by atoms with Crippen LogP contribution < -0.4 is 4.74 Å². The Hall–Kier alpha value is -2.61. The van der Waals surface area contributed by atoms with Crippen molar-refractivity contribution in [2.45, 2.75) is 32.6 Å². The number of ether oxygens (including phenoxy) is 1. The minimum absolute atomic E-state index is 0.0000205. The van der Waals surface area contributed by atoms with Crippen LogP contribution in [0.25, 0.3) is 0 Å². The van der Waals surface area contributed by atoms with Gasteiger partial charge < -0.3 is 14.5 Å². The zero-order valence-corrected chi connectivity index (χ0v) is 17.9. The van der Waals surface area contributed by atoms with Crippen LogP contribution in [0.2, 0.25) is 5.02 Å². The third-order valence-electron chi connectivity index (χ3n) is 5.39. The first-order chi connectivity index (χ1) is 14.4. The minimum atomic E-state index is -0.538. The molecule has 1 aliphatic rings. The minimum Gasteiger partial charge on any atom is -0.484 e. The molecule has 30 heavy (non-hydrogen) atoms. The second-order valence-electron chi connectivity index (χ2n) is 7.22. The van der Waals surface area contributed by atoms with Gasteiger partial charge in [-0.3, -0.25) is 14.7 Å². The molecule has 2 aromatic rings. The SMILES string of the molecule is CCN(CC)C(=O)c1cn[nH]c1[C@H]1CCCN(C(=O)COc2ccc(F)c(Cl)c2)C1. The van der Waals surface area contributed by atoms with Crippen LogP contribution in [0.3, 0.4) is 0 Å². The average Bonchev–Trinajstić information content (AvgIpc) is 3.25. The number of aromatic amines is 1. The molecule has 2 amide bonds. The number of piperidine rings is 1. The van der Waals surface area contributed by atoms with Crippen LogP contribution in [0.15, 0.2) is 24.4 Å². The van der Waals surface area contributed by atoms with Crippen molar-refractivity contribution in [2.24, 2.45) is 0 Å². The second-order valence-corrected chi connectivity index (χ2v) is 7.63. The van der Waals surface area contributed by atoms with E-state index in [-0.39, 0.29) is 29.4 Å². The summed E-state index contributed by atoms with van der Waals surface area (Å²) < 4.78 is 18.7. The Labute approximate surface area is 180 Å². The Kier molecular flexibility index (Phi) is 7.31. The van der Waals surface area contributed by atoms with Crippen LogP contribution in [0, 0.1) is 5.82 Å². The predicted molar refractivity (Wildman–Crippen MR) is 111 cm³/mol. The molecule has 2 heterocycles. The fourth-order valence-electron chi connectivity index (χ4n) is 3.70. The Morgan fingerprint density at radius 1 is 1.37 bits per heavy atom. The lowest BCUT2D eigenvalue weighted by Gasteiger charge is -2.33. The van der Waals surface area contributed by atoms with E-state index >= 15 is 0 Å². The van der Waals surface area contributed by atoms with E-state index in [4.69, 9.17) is 16.3 Å². The number of hydrogen-bond donors (Lipinski definition) is 1. The number of H-pyrrole nitrogens is 1. The molecule has 1 aliphatic heterocycles. The van der Waals surface area contributed by atoms with Crippen LogP contribution in [0.4, 0.5) is 4.39 Å². The lowest BCUT2D eigenvalue weighted by Crippen LogP contribution is -2.42. The van der Waals surface area contributed by atoms with Gasteiger partial charge in [0.25, 0.3) is 11.8 Å². The van der Waals surface area contributed by atoms with Gasteiger partial charge in [-0.15, -0.1) is 0 Å². The fourth-order valence-corrected chi connectivity index (χ4v) is 3.87. The van der Waals surface area contributed by atoms with Gasteiger partial charge in [0.1, 0.15) is 11.6 Å². The van der Waals surface area contributed by atoms with Crippen LogP contribution in [0.5, 0.6) is 5.75 Å². The zero-order chi connectivity index (χ0) is 21.7. The highest BCUT2D eigenvalue weighted by atomic mass is 35.5. The molecule has 0 bridgehead atoms. The monoisotopic (exact) mass is 436 g/mol. The van der Waals surface area contributed by atoms with Gasteiger partial charge in [-0.2, -0.15) is 5.10 Å². The normalized spacial score (nSPS) is 16.4. The quantitative estimate of drug-likeness (QED) is 0.720. The number of carbonyl (C=O) groups is 2. The van der Waals surface area contributed by atoms with Crippen LogP contribution in [-0.4, -0.2) is 64.6 Å². The Morgan fingerprint density at radius 2 is 2.13 bits per heavy atom. The summed E-state index contributed by atoms with van der Waals surface area (Å²) in [6.45, 7) is 6.07. The molecule has 1 saturated heterocycles. The third kappa shape index (κ3) is 4.92. The number of amides is 2. The molecule has 0 radical (unpaired) electrons. The third-order valence-corrected chi connectivity index (χ3v) is 5.68. The molecule has 9 heteroatoms. The molecular weight excluding hydrogens is 411 g/mol. The van der Waals surface area contributed by atoms with E-state index in [2.05, 4.69) is 10.2 Å². The van der Waals surface area contributed by atoms with Crippen molar-refractivity contribution >= 4 is 23.4 Å². The van der Waals surface area contributed by atoms with Gasteiger partial charge in [0.05, 0.1) is 22.5 Å². The van der Waals surface area contributed by atoms with Crippen LogP contribution in [-0.2, 0) is 4.79 Å². The van der Waals surface area contributed by atoms with Gasteiger partial charge in [0.2, 0.25) is 0 Å². The number of likely N-dealkylation sites (tertiary alicyclic amines) is 1. The van der Waals surface area contributed by atoms with Gasteiger partial charge in [-0.05, 0) is 38.8 Å². The lowest BCUT2D eigenvalue weighted by atomic mass is 9.92. The number of benzene rings is 1. The first-order valence-electron chi connectivity index (χ1n) is 10.1. The smallest absolute Gasteiger partial charge is 0.260 e.